The van der Waals surface area contributed by atoms with Crippen molar-refractivity contribution in [1.29, 1.82) is 10.8 Å². The summed E-state index contributed by atoms with van der Waals surface area (Å²) in [5.74, 6) is 0.880. The first-order valence-corrected chi connectivity index (χ1v) is 10.0. The molecule has 0 aromatic heterocycles. The van der Waals surface area contributed by atoms with Gasteiger partial charge < -0.3 is 0 Å². The fraction of sp³-hybridized carbons (Fsp3) is 0.286. The van der Waals surface area contributed by atoms with Crippen molar-refractivity contribution in [2.75, 3.05) is 5.75 Å². The molecule has 4 nitrogen and oxygen atoms in total. The van der Waals surface area contributed by atoms with Crippen LogP contribution >= 0.6 is 11.8 Å². The van der Waals surface area contributed by atoms with Gasteiger partial charge in [0.15, 0.2) is 11.0 Å². The van der Waals surface area contributed by atoms with Gasteiger partial charge in [0.1, 0.15) is 0 Å². The van der Waals surface area contributed by atoms with E-state index in [9.17, 15) is 0 Å². The Kier molecular flexibility index (Phi) is 10.0. The molecule has 2 N–H and O–H groups in total. The van der Waals surface area contributed by atoms with Gasteiger partial charge in [-0.1, -0.05) is 100 Å². The van der Waals surface area contributed by atoms with Crippen molar-refractivity contribution in [3.63, 3.8) is 0 Å². The summed E-state index contributed by atoms with van der Waals surface area (Å²) in [5, 5.41) is 22.6. The van der Waals surface area contributed by atoms with Gasteiger partial charge in [-0.2, -0.15) is 10.1 Å². The minimum atomic E-state index is 0.226. The molecule has 0 saturated carbocycles. The highest BCUT2D eigenvalue weighted by molar-refractivity contribution is 8.14. The van der Waals surface area contributed by atoms with Gasteiger partial charge in [0, 0.05) is 11.3 Å². The lowest BCUT2D eigenvalue weighted by Gasteiger charge is -2.25. The lowest BCUT2D eigenvalue weighted by Crippen LogP contribution is -2.35. The van der Waals surface area contributed by atoms with E-state index < -0.39 is 0 Å². The summed E-state index contributed by atoms with van der Waals surface area (Å²) in [6, 6.07) is 9.40. The molecule has 5 heteroatoms. The summed E-state index contributed by atoms with van der Waals surface area (Å²) in [4.78, 5) is 0. The second-order valence-corrected chi connectivity index (χ2v) is 5.82. The highest BCUT2D eigenvalue weighted by Crippen LogP contribution is 2.22. The predicted molar refractivity (Wildman–Crippen MR) is 116 cm³/mol. The molecule has 0 radical (unpaired) electrons. The van der Waals surface area contributed by atoms with E-state index in [2.05, 4.69) is 23.3 Å². The first-order valence-electron chi connectivity index (χ1n) is 9.02. The zero-order chi connectivity index (χ0) is 19.4. The summed E-state index contributed by atoms with van der Waals surface area (Å²) < 4.78 is 0. The van der Waals surface area contributed by atoms with Crippen LogP contribution in [0, 0.1) is 10.8 Å². The number of nitrogens with one attached hydrogen (secondary N) is 2. The molecule has 1 aromatic carbocycles. The highest BCUT2D eigenvalue weighted by Gasteiger charge is 2.23. The molecule has 26 heavy (non-hydrogen) atoms. The van der Waals surface area contributed by atoms with Gasteiger partial charge in [-0.25, -0.2) is 0 Å². The fourth-order valence-corrected chi connectivity index (χ4v) is 2.93. The maximum atomic E-state index is 8.31. The smallest absolute Gasteiger partial charge is 0.183 e. The molecular weight excluding hydrogens is 340 g/mol. The van der Waals surface area contributed by atoms with Gasteiger partial charge in [0.2, 0.25) is 0 Å². The number of hydrogen-bond donors (Lipinski definition) is 2. The maximum Gasteiger partial charge on any atom is 0.183 e. The topological polar surface area (TPSA) is 63.3 Å². The van der Waals surface area contributed by atoms with Gasteiger partial charge in [0.05, 0.1) is 5.71 Å². The van der Waals surface area contributed by atoms with Crippen LogP contribution in [0.4, 0.5) is 0 Å². The first-order chi connectivity index (χ1) is 12.8. The van der Waals surface area contributed by atoms with Gasteiger partial charge >= 0.3 is 0 Å². The molecule has 1 aromatic rings. The van der Waals surface area contributed by atoms with Crippen LogP contribution in [0.2, 0.25) is 0 Å². The molecule has 1 aliphatic heterocycles. The number of thioether (sulfide) groups is 1. The van der Waals surface area contributed by atoms with Crippen molar-refractivity contribution >= 4 is 28.5 Å². The van der Waals surface area contributed by atoms with Crippen molar-refractivity contribution in [1.82, 2.24) is 5.01 Å². The molecule has 0 atom stereocenters. The van der Waals surface area contributed by atoms with E-state index in [0.717, 1.165) is 23.3 Å². The van der Waals surface area contributed by atoms with Crippen molar-refractivity contribution in [2.24, 2.45) is 5.10 Å². The monoisotopic (exact) mass is 368 g/mol. The number of nitrogens with zero attached hydrogens (tertiary/aromatic N) is 2. The maximum absolute atomic E-state index is 8.31. The average Bonchev–Trinajstić information content (AvgIpc) is 3.01. The normalized spacial score (nSPS) is 15.5. The van der Waals surface area contributed by atoms with Gasteiger partial charge in [-0.15, -0.1) is 0 Å². The second kappa shape index (κ2) is 12.0. The van der Waals surface area contributed by atoms with Gasteiger partial charge in [-0.05, 0) is 12.0 Å². The summed E-state index contributed by atoms with van der Waals surface area (Å²) >= 11 is 1.40. The van der Waals surface area contributed by atoms with E-state index in [1.165, 1.54) is 16.8 Å². The van der Waals surface area contributed by atoms with Crippen molar-refractivity contribution < 1.29 is 0 Å². The van der Waals surface area contributed by atoms with Crippen LogP contribution in [-0.2, 0) is 0 Å². The fourth-order valence-electron chi connectivity index (χ4n) is 2.18. The zero-order valence-electron chi connectivity index (χ0n) is 16.0. The predicted octanol–water partition coefficient (Wildman–Crippen LogP) is 5.85. The van der Waals surface area contributed by atoms with Crippen molar-refractivity contribution in [2.45, 2.75) is 34.1 Å². The average molecular weight is 369 g/mol. The molecule has 1 heterocycles. The second-order valence-electron chi connectivity index (χ2n) is 4.86. The summed E-state index contributed by atoms with van der Waals surface area (Å²) in [6.07, 6.45) is 11.2. The Bertz CT molecular complexity index is 715. The Balaban J connectivity index is 0.000000791. The van der Waals surface area contributed by atoms with Crippen molar-refractivity contribution in [3.05, 3.63) is 71.8 Å². The number of hydrogen-bond acceptors (Lipinski definition) is 4. The lowest BCUT2D eigenvalue weighted by molar-refractivity contribution is 0.661. The molecule has 0 spiro atoms. The van der Waals surface area contributed by atoms with Gasteiger partial charge in [0.25, 0.3) is 0 Å². The van der Waals surface area contributed by atoms with E-state index in [1.807, 2.05) is 70.2 Å². The molecule has 0 bridgehead atoms. The lowest BCUT2D eigenvalue weighted by atomic mass is 10.1. The molecule has 0 saturated heterocycles. The van der Waals surface area contributed by atoms with E-state index in [1.54, 1.807) is 0 Å². The third-order valence-electron chi connectivity index (χ3n) is 3.33. The number of benzene rings is 1. The van der Waals surface area contributed by atoms with E-state index >= 15 is 0 Å². The van der Waals surface area contributed by atoms with Crippen LogP contribution in [0.1, 0.15) is 39.7 Å². The number of rotatable bonds is 2. The van der Waals surface area contributed by atoms with Gasteiger partial charge in [-0.3, -0.25) is 10.8 Å². The van der Waals surface area contributed by atoms with Crippen LogP contribution in [0.3, 0.4) is 0 Å². The molecule has 138 valence electrons. The molecule has 0 amide bonds. The molecule has 3 rings (SSSR count). The first kappa shape index (κ1) is 21.6. The minimum Gasteiger partial charge on any atom is -0.282 e. The number of hydrazone groups is 1. The molecule has 0 fully saturated rings. The summed E-state index contributed by atoms with van der Waals surface area (Å²) in [5.41, 5.74) is 2.69. The third-order valence-corrected chi connectivity index (χ3v) is 4.20. The van der Waals surface area contributed by atoms with Crippen LogP contribution in [0.5, 0.6) is 0 Å². The Labute approximate surface area is 161 Å². The SMILES string of the molecule is CC.CC.N=C1SCC(C2=CC=CCC=C2)=NN1C(=N)c1ccccc1. The molecule has 2 aliphatic rings. The van der Waals surface area contributed by atoms with E-state index in [-0.39, 0.29) is 11.0 Å². The Morgan fingerprint density at radius 3 is 2.46 bits per heavy atom. The van der Waals surface area contributed by atoms with Crippen LogP contribution in [0.25, 0.3) is 0 Å². The largest absolute Gasteiger partial charge is 0.282 e. The highest BCUT2D eigenvalue weighted by atomic mass is 32.2. The van der Waals surface area contributed by atoms with Crippen LogP contribution in [-0.4, -0.2) is 27.5 Å². The summed E-state index contributed by atoms with van der Waals surface area (Å²) in [6.45, 7) is 8.00. The number of allylic oxidation sites excluding steroid dienone is 6. The van der Waals surface area contributed by atoms with Crippen LogP contribution in [0.15, 0.2) is 71.4 Å². The molecular formula is C21H28N4S. The van der Waals surface area contributed by atoms with Crippen molar-refractivity contribution in [3.8, 4) is 0 Å². The van der Waals surface area contributed by atoms with E-state index in [0.29, 0.717) is 5.75 Å². The molecule has 1 aliphatic carbocycles. The zero-order valence-corrected chi connectivity index (χ0v) is 16.8. The Morgan fingerprint density at radius 1 is 1.08 bits per heavy atom. The summed E-state index contributed by atoms with van der Waals surface area (Å²) in [7, 11) is 0. The quantitative estimate of drug-likeness (QED) is 0.508. The minimum absolute atomic E-state index is 0.226. The molecule has 0 unspecified atom stereocenters. The Hall–Kier alpha value is -2.40. The van der Waals surface area contributed by atoms with Crippen LogP contribution < -0.4 is 0 Å². The number of amidine groups is 2. The standard InChI is InChI=1S/C17H16N4S.2C2H6/c18-16(14-10-6-3-7-11-14)21-17(19)22-12-15(20-21)13-8-4-1-2-5-9-13;2*1-2/h1,3-11,18-19H,2,12H2;2*1-2H3. The third kappa shape index (κ3) is 5.85. The Morgan fingerprint density at radius 2 is 1.77 bits per heavy atom. The van der Waals surface area contributed by atoms with E-state index in [4.69, 9.17) is 10.8 Å².